The number of thioether (sulfide) groups is 1. The van der Waals surface area contributed by atoms with Gasteiger partial charge in [-0.2, -0.15) is 0 Å². The number of benzene rings is 2. The molecule has 0 unspecified atom stereocenters. The number of hydrogen-bond donors (Lipinski definition) is 0. The van der Waals surface area contributed by atoms with E-state index in [1.54, 1.807) is 18.2 Å². The van der Waals surface area contributed by atoms with E-state index < -0.39 is 5.82 Å². The van der Waals surface area contributed by atoms with Crippen molar-refractivity contribution in [1.82, 2.24) is 4.57 Å². The second kappa shape index (κ2) is 6.13. The molecule has 0 atom stereocenters. The van der Waals surface area contributed by atoms with Crippen molar-refractivity contribution in [2.75, 3.05) is 4.90 Å². The Hall–Kier alpha value is -2.44. The Balaban J connectivity index is 1.77. The molecule has 0 bridgehead atoms. The van der Waals surface area contributed by atoms with E-state index in [2.05, 4.69) is 0 Å². The maximum Gasteiger partial charge on any atom is 0.270 e. The van der Waals surface area contributed by atoms with Gasteiger partial charge >= 0.3 is 0 Å². The van der Waals surface area contributed by atoms with Gasteiger partial charge in [0.05, 0.1) is 10.6 Å². The normalized spacial score (nSPS) is 16.4. The highest BCUT2D eigenvalue weighted by molar-refractivity contribution is 8.27. The molecule has 1 saturated heterocycles. The second-order valence-electron chi connectivity index (χ2n) is 5.68. The number of aromatic nitrogens is 1. The summed E-state index contributed by atoms with van der Waals surface area (Å²) in [5.41, 5.74) is 2.21. The zero-order valence-electron chi connectivity index (χ0n) is 13.3. The molecule has 2 aromatic carbocycles. The summed E-state index contributed by atoms with van der Waals surface area (Å²) in [4.78, 5) is 14.5. The van der Waals surface area contributed by atoms with Crippen LogP contribution in [0.4, 0.5) is 10.1 Å². The van der Waals surface area contributed by atoms with E-state index in [1.165, 1.54) is 22.7 Å². The van der Waals surface area contributed by atoms with E-state index in [9.17, 15) is 9.18 Å². The molecule has 0 aliphatic carbocycles. The van der Waals surface area contributed by atoms with E-state index in [0.717, 1.165) is 16.5 Å². The summed E-state index contributed by atoms with van der Waals surface area (Å²) >= 11 is 6.50. The van der Waals surface area contributed by atoms with Crippen LogP contribution < -0.4 is 4.90 Å². The average Bonchev–Trinajstić information content (AvgIpc) is 3.06. The second-order valence-corrected chi connectivity index (χ2v) is 7.36. The summed E-state index contributed by atoms with van der Waals surface area (Å²) in [6.45, 7) is 0. The van der Waals surface area contributed by atoms with Crippen molar-refractivity contribution in [3.8, 4) is 0 Å². The van der Waals surface area contributed by atoms with Crippen molar-refractivity contribution in [3.63, 3.8) is 0 Å². The third-order valence-corrected chi connectivity index (χ3v) is 5.40. The van der Waals surface area contributed by atoms with Gasteiger partial charge in [-0.15, -0.1) is 0 Å². The lowest BCUT2D eigenvalue weighted by Gasteiger charge is -2.14. The van der Waals surface area contributed by atoms with Crippen LogP contribution in [-0.2, 0) is 11.8 Å². The number of halogens is 1. The highest BCUT2D eigenvalue weighted by atomic mass is 32.2. The van der Waals surface area contributed by atoms with Gasteiger partial charge in [0.25, 0.3) is 5.91 Å². The molecule has 6 heteroatoms. The minimum atomic E-state index is -0.467. The van der Waals surface area contributed by atoms with Crippen molar-refractivity contribution in [2.24, 2.45) is 7.05 Å². The van der Waals surface area contributed by atoms with E-state index in [-0.39, 0.29) is 11.6 Å². The Morgan fingerprint density at radius 2 is 1.84 bits per heavy atom. The fraction of sp³-hybridized carbons (Fsp3) is 0.0526. The summed E-state index contributed by atoms with van der Waals surface area (Å²) in [6.07, 6.45) is 3.79. The number of aryl methyl sites for hydroxylation is 1. The van der Waals surface area contributed by atoms with E-state index in [0.29, 0.717) is 9.23 Å². The number of anilines is 1. The number of rotatable bonds is 2. The molecule has 4 rings (SSSR count). The molecule has 0 N–H and O–H groups in total. The van der Waals surface area contributed by atoms with Crippen LogP contribution in [0.3, 0.4) is 0 Å². The topological polar surface area (TPSA) is 25.2 Å². The Morgan fingerprint density at radius 1 is 1.12 bits per heavy atom. The molecule has 1 aliphatic heterocycles. The molecule has 1 aromatic heterocycles. The standard InChI is InChI=1S/C19H13FN2OS2/c1-21-11-12(13-6-2-4-8-15(13)21)10-17-18(23)22(19(24)25-17)16-9-5-3-7-14(16)20/h2-11H,1H3. The van der Waals surface area contributed by atoms with Crippen molar-refractivity contribution in [3.05, 3.63) is 71.0 Å². The predicted molar refractivity (Wildman–Crippen MR) is 105 cm³/mol. The molecule has 0 radical (unpaired) electrons. The fourth-order valence-electron chi connectivity index (χ4n) is 2.94. The van der Waals surface area contributed by atoms with Crippen LogP contribution in [0.1, 0.15) is 5.56 Å². The Kier molecular flexibility index (Phi) is 3.94. The minimum Gasteiger partial charge on any atom is -0.350 e. The van der Waals surface area contributed by atoms with Crippen LogP contribution >= 0.6 is 24.0 Å². The first-order valence-electron chi connectivity index (χ1n) is 7.63. The first kappa shape index (κ1) is 16.1. The van der Waals surface area contributed by atoms with Crippen molar-refractivity contribution >= 4 is 56.9 Å². The molecule has 0 saturated carbocycles. The molecule has 0 spiro atoms. The molecule has 124 valence electrons. The Morgan fingerprint density at radius 3 is 2.64 bits per heavy atom. The summed E-state index contributed by atoms with van der Waals surface area (Å²) in [7, 11) is 1.96. The van der Waals surface area contributed by atoms with Crippen LogP contribution in [0.5, 0.6) is 0 Å². The molecule has 2 heterocycles. The van der Waals surface area contributed by atoms with Gasteiger partial charge in [0, 0.05) is 29.7 Å². The molecule has 3 aromatic rings. The largest absolute Gasteiger partial charge is 0.350 e. The maximum atomic E-state index is 14.1. The number of carbonyl (C=O) groups is 1. The Labute approximate surface area is 153 Å². The monoisotopic (exact) mass is 368 g/mol. The number of nitrogens with zero attached hydrogens (tertiary/aromatic N) is 2. The summed E-state index contributed by atoms with van der Waals surface area (Å²) in [6, 6.07) is 14.1. The highest BCUT2D eigenvalue weighted by Crippen LogP contribution is 2.37. The van der Waals surface area contributed by atoms with Gasteiger partial charge in [0.1, 0.15) is 5.82 Å². The number of carbonyl (C=O) groups excluding carboxylic acids is 1. The molecule has 1 aliphatic rings. The highest BCUT2D eigenvalue weighted by Gasteiger charge is 2.34. The molecule has 25 heavy (non-hydrogen) atoms. The van der Waals surface area contributed by atoms with E-state index >= 15 is 0 Å². The van der Waals surface area contributed by atoms with E-state index in [4.69, 9.17) is 12.2 Å². The van der Waals surface area contributed by atoms with Gasteiger partial charge in [-0.25, -0.2) is 4.39 Å². The molecular formula is C19H13FN2OS2. The van der Waals surface area contributed by atoms with E-state index in [1.807, 2.05) is 48.2 Å². The van der Waals surface area contributed by atoms with Gasteiger partial charge in [-0.1, -0.05) is 54.3 Å². The molecule has 1 amide bonds. The first-order valence-corrected chi connectivity index (χ1v) is 8.85. The SMILES string of the molecule is Cn1cc(C=C2SC(=S)N(c3ccccc3F)C2=O)c2ccccc21. The zero-order chi connectivity index (χ0) is 17.6. The van der Waals surface area contributed by atoms with Gasteiger partial charge in [-0.3, -0.25) is 9.69 Å². The fourth-order valence-corrected chi connectivity index (χ4v) is 4.21. The van der Waals surface area contributed by atoms with Gasteiger partial charge in [0.2, 0.25) is 0 Å². The van der Waals surface area contributed by atoms with Gasteiger partial charge in [-0.05, 0) is 24.3 Å². The lowest BCUT2D eigenvalue weighted by atomic mass is 10.1. The smallest absolute Gasteiger partial charge is 0.270 e. The molecule has 3 nitrogen and oxygen atoms in total. The number of thiocarbonyl (C=S) groups is 1. The van der Waals surface area contributed by atoms with Crippen molar-refractivity contribution in [1.29, 1.82) is 0 Å². The number of hydrogen-bond acceptors (Lipinski definition) is 3. The summed E-state index contributed by atoms with van der Waals surface area (Å²) < 4.78 is 16.4. The minimum absolute atomic E-state index is 0.186. The van der Waals surface area contributed by atoms with Gasteiger partial charge in [0.15, 0.2) is 4.32 Å². The van der Waals surface area contributed by atoms with Crippen LogP contribution in [0.25, 0.3) is 17.0 Å². The lowest BCUT2D eigenvalue weighted by Crippen LogP contribution is -2.28. The molecular weight excluding hydrogens is 355 g/mol. The van der Waals surface area contributed by atoms with Crippen molar-refractivity contribution in [2.45, 2.75) is 0 Å². The van der Waals surface area contributed by atoms with Crippen LogP contribution in [0, 0.1) is 5.82 Å². The van der Waals surface area contributed by atoms with Crippen LogP contribution in [-0.4, -0.2) is 14.8 Å². The van der Waals surface area contributed by atoms with Crippen LogP contribution in [0.2, 0.25) is 0 Å². The summed E-state index contributed by atoms with van der Waals surface area (Å²) in [5, 5.41) is 1.06. The third kappa shape index (κ3) is 2.67. The average molecular weight is 368 g/mol. The third-order valence-electron chi connectivity index (χ3n) is 4.10. The quantitative estimate of drug-likeness (QED) is 0.483. The lowest BCUT2D eigenvalue weighted by molar-refractivity contribution is -0.113. The van der Waals surface area contributed by atoms with Crippen LogP contribution in [0.15, 0.2) is 59.6 Å². The maximum absolute atomic E-state index is 14.1. The van der Waals surface area contributed by atoms with Crippen molar-refractivity contribution < 1.29 is 9.18 Å². The first-order chi connectivity index (χ1) is 12.1. The number of para-hydroxylation sites is 2. The number of fused-ring (bicyclic) bond motifs is 1. The zero-order valence-corrected chi connectivity index (χ0v) is 14.9. The summed E-state index contributed by atoms with van der Waals surface area (Å²) in [5.74, 6) is -0.766. The predicted octanol–water partition coefficient (Wildman–Crippen LogP) is 4.72. The Bertz CT molecular complexity index is 1050. The van der Waals surface area contributed by atoms with Gasteiger partial charge < -0.3 is 4.57 Å². The number of amides is 1. The molecule has 1 fully saturated rings.